The van der Waals surface area contributed by atoms with E-state index in [2.05, 4.69) is 162 Å². The van der Waals surface area contributed by atoms with Crippen LogP contribution in [-0.4, -0.2) is 9.52 Å². The Morgan fingerprint density at radius 2 is 0.722 bits per heavy atom. The SMILES string of the molecule is Brc1ccc2c(c1)[cH-]c1cc(Br)ccc12.Brc1ccc2c(c1)[cH-]c1cc(Br)ccc12.C[Si]C.[Cl][Zr+2][Cl]. The molecule has 8 heteroatoms. The molecule has 0 saturated heterocycles. The monoisotopic (exact) mass is 860 g/mol. The van der Waals surface area contributed by atoms with Gasteiger partial charge in [0.25, 0.3) is 0 Å². The van der Waals surface area contributed by atoms with Crippen molar-refractivity contribution in [3.63, 3.8) is 0 Å². The van der Waals surface area contributed by atoms with Crippen molar-refractivity contribution in [2.45, 2.75) is 13.1 Å². The van der Waals surface area contributed by atoms with E-state index in [1.807, 2.05) is 0 Å². The van der Waals surface area contributed by atoms with Crippen LogP contribution in [0, 0.1) is 0 Å². The number of benzene rings is 4. The molecule has 6 rings (SSSR count). The zero-order valence-electron chi connectivity index (χ0n) is 19.4. The van der Waals surface area contributed by atoms with Crippen LogP contribution in [0.2, 0.25) is 13.1 Å². The number of fused-ring (bicyclic) bond motifs is 6. The van der Waals surface area contributed by atoms with Crippen molar-refractivity contribution in [2.24, 2.45) is 0 Å². The molecule has 0 aromatic heterocycles. The van der Waals surface area contributed by atoms with E-state index in [1.165, 1.54) is 43.1 Å². The van der Waals surface area contributed by atoms with Crippen molar-refractivity contribution in [1.82, 2.24) is 0 Å². The first-order valence-electron chi connectivity index (χ1n) is 10.7. The van der Waals surface area contributed by atoms with E-state index in [-0.39, 0.29) is 0 Å². The summed E-state index contributed by atoms with van der Waals surface area (Å²) in [5, 5.41) is 10.4. The maximum atomic E-state index is 4.93. The van der Waals surface area contributed by atoms with Gasteiger partial charge in [-0.2, -0.15) is 0 Å². The molecule has 0 atom stereocenters. The third-order valence-electron chi connectivity index (χ3n) is 5.26. The summed E-state index contributed by atoms with van der Waals surface area (Å²) >= 11 is 13.2. The molecule has 0 aliphatic carbocycles. The van der Waals surface area contributed by atoms with Crippen LogP contribution in [0.5, 0.6) is 0 Å². The average Bonchev–Trinajstić information content (AvgIpc) is 3.35. The Balaban J connectivity index is 0.000000165. The van der Waals surface area contributed by atoms with Gasteiger partial charge in [0.15, 0.2) is 0 Å². The van der Waals surface area contributed by atoms with Crippen LogP contribution < -0.4 is 0 Å². The fraction of sp³-hybridized carbons (Fsp3) is 0.0714. The molecule has 182 valence electrons. The number of hydrogen-bond acceptors (Lipinski definition) is 0. The third kappa shape index (κ3) is 8.11. The molecule has 6 aromatic carbocycles. The van der Waals surface area contributed by atoms with Gasteiger partial charge in [0.05, 0.1) is 0 Å². The van der Waals surface area contributed by atoms with Gasteiger partial charge in [-0.05, 0) is 17.9 Å². The molecule has 36 heavy (non-hydrogen) atoms. The van der Waals surface area contributed by atoms with Crippen molar-refractivity contribution in [3.05, 3.63) is 103 Å². The van der Waals surface area contributed by atoms with E-state index >= 15 is 0 Å². The summed E-state index contributed by atoms with van der Waals surface area (Å²) in [6, 6.07) is 30.1. The first-order valence-corrected chi connectivity index (χ1v) is 22.2. The van der Waals surface area contributed by atoms with Crippen LogP contribution in [0.4, 0.5) is 0 Å². The third-order valence-corrected chi connectivity index (χ3v) is 7.23. The van der Waals surface area contributed by atoms with Crippen LogP contribution in [-0.2, 0) is 20.8 Å². The second-order valence-electron chi connectivity index (χ2n) is 7.79. The average molecular weight is 866 g/mol. The molecule has 0 saturated carbocycles. The standard InChI is InChI=1S/2C13H7Br2.C2H6Si.2ClH.Zr/c2*14-10-1-3-12-8(6-10)5-9-7-11(15)2-4-13(9)12;1-3-2;;;/h2*1-7H;1-2H3;2*1H;/q2*-1;;;;+4/p-2. The van der Waals surface area contributed by atoms with Gasteiger partial charge in [-0.25, -0.2) is 0 Å². The maximum absolute atomic E-state index is 4.93. The first kappa shape index (κ1) is 30.8. The Morgan fingerprint density at radius 1 is 0.528 bits per heavy atom. The molecule has 2 radical (unpaired) electrons. The minimum absolute atomic E-state index is 0.826. The van der Waals surface area contributed by atoms with Gasteiger partial charge in [-0.3, -0.25) is 0 Å². The molecular weight excluding hydrogens is 846 g/mol. The van der Waals surface area contributed by atoms with Gasteiger partial charge in [0.1, 0.15) is 0 Å². The van der Waals surface area contributed by atoms with Crippen LogP contribution >= 0.6 is 80.7 Å². The van der Waals surface area contributed by atoms with E-state index < -0.39 is 20.8 Å². The topological polar surface area (TPSA) is 0 Å². The molecule has 0 heterocycles. The first-order chi connectivity index (χ1) is 17.3. The van der Waals surface area contributed by atoms with Crippen LogP contribution in [0.25, 0.3) is 43.1 Å². The Bertz CT molecular complexity index is 1360. The van der Waals surface area contributed by atoms with Gasteiger partial charge in [0, 0.05) is 9.52 Å². The van der Waals surface area contributed by atoms with Crippen molar-refractivity contribution in [3.8, 4) is 0 Å². The second-order valence-corrected chi connectivity index (χ2v) is 16.2. The van der Waals surface area contributed by atoms with E-state index in [1.54, 1.807) is 0 Å². The quantitative estimate of drug-likeness (QED) is 0.105. The zero-order valence-corrected chi connectivity index (χ0v) is 30.7. The van der Waals surface area contributed by atoms with Gasteiger partial charge in [0.2, 0.25) is 0 Å². The fourth-order valence-corrected chi connectivity index (χ4v) is 5.44. The Labute approximate surface area is 266 Å². The molecule has 0 N–H and O–H groups in total. The van der Waals surface area contributed by atoms with Gasteiger partial charge in [-0.1, -0.05) is 125 Å². The number of halogens is 6. The molecule has 0 aliphatic heterocycles. The minimum atomic E-state index is -0.826. The normalized spacial score (nSPS) is 10.2. The van der Waals surface area contributed by atoms with Gasteiger partial charge in [-0.15, -0.1) is 79.5 Å². The summed E-state index contributed by atoms with van der Waals surface area (Å²) in [4.78, 5) is 0. The van der Waals surface area contributed by atoms with Crippen LogP contribution in [0.15, 0.2) is 103 Å². The van der Waals surface area contributed by atoms with Gasteiger partial charge < -0.3 is 0 Å². The molecule has 0 spiro atoms. The summed E-state index contributed by atoms with van der Waals surface area (Å²) in [7, 11) is 11.0. The summed E-state index contributed by atoms with van der Waals surface area (Å²) in [6.07, 6.45) is 0. The molecule has 0 amide bonds. The summed E-state index contributed by atoms with van der Waals surface area (Å²) < 4.78 is 4.52. The molecule has 0 unspecified atom stereocenters. The van der Waals surface area contributed by atoms with Crippen molar-refractivity contribution < 1.29 is 20.8 Å². The Morgan fingerprint density at radius 3 is 0.917 bits per heavy atom. The summed E-state index contributed by atoms with van der Waals surface area (Å²) in [5.74, 6) is 0. The molecule has 0 fully saturated rings. The molecule has 0 bridgehead atoms. The molecule has 6 aromatic rings. The fourth-order valence-electron chi connectivity index (χ4n) is 3.93. The molecule has 0 aliphatic rings. The Kier molecular flexibility index (Phi) is 12.9. The Hall–Kier alpha value is 0.220. The number of hydrogen-bond donors (Lipinski definition) is 0. The van der Waals surface area contributed by atoms with Crippen molar-refractivity contribution >= 4 is 133 Å². The van der Waals surface area contributed by atoms with E-state index in [4.69, 9.17) is 17.0 Å². The van der Waals surface area contributed by atoms with Crippen LogP contribution in [0.1, 0.15) is 0 Å². The zero-order chi connectivity index (χ0) is 26.2. The van der Waals surface area contributed by atoms with E-state index in [9.17, 15) is 0 Å². The predicted molar refractivity (Wildman–Crippen MR) is 174 cm³/mol. The van der Waals surface area contributed by atoms with Crippen molar-refractivity contribution in [1.29, 1.82) is 0 Å². The summed E-state index contributed by atoms with van der Waals surface area (Å²) in [5.41, 5.74) is 0. The van der Waals surface area contributed by atoms with E-state index in [0.717, 1.165) is 27.4 Å². The predicted octanol–water partition coefficient (Wildman–Crippen LogP) is 12.6. The molecule has 0 nitrogen and oxygen atoms in total. The van der Waals surface area contributed by atoms with Crippen molar-refractivity contribution in [2.75, 3.05) is 0 Å². The van der Waals surface area contributed by atoms with Crippen LogP contribution in [0.3, 0.4) is 0 Å². The van der Waals surface area contributed by atoms with Gasteiger partial charge >= 0.3 is 37.9 Å². The summed E-state index contributed by atoms with van der Waals surface area (Å²) in [6.45, 7) is 4.31. The van der Waals surface area contributed by atoms with E-state index in [0.29, 0.717) is 0 Å². The number of rotatable bonds is 0. The second kappa shape index (κ2) is 15.1. The molecular formula is C28H20Br4Cl2SiZr.